The summed E-state index contributed by atoms with van der Waals surface area (Å²) < 4.78 is 41.7. The van der Waals surface area contributed by atoms with Crippen LogP contribution in [-0.4, -0.2) is 39.0 Å². The molecule has 0 aliphatic rings. The second-order valence-corrected chi connectivity index (χ2v) is 3.38. The van der Waals surface area contributed by atoms with Crippen LogP contribution in [0.4, 0.5) is 19.0 Å². The third-order valence-electron chi connectivity index (χ3n) is 2.09. The van der Waals surface area contributed by atoms with Crippen molar-refractivity contribution in [2.75, 3.05) is 5.73 Å². The molecule has 1 atom stereocenters. The Kier molecular flexibility index (Phi) is 3.17. The number of nitrogens with one attached hydrogen (secondary N) is 1. The number of nitrogens with zero attached hydrogens (tertiary/aromatic N) is 2. The van der Waals surface area contributed by atoms with E-state index in [1.807, 2.05) is 0 Å². The number of carbonyl (C=O) groups is 2. The summed E-state index contributed by atoms with van der Waals surface area (Å²) in [5.41, 5.74) is 0.882. The number of hydrogen-bond donors (Lipinski definition) is 3. The van der Waals surface area contributed by atoms with Crippen LogP contribution >= 0.6 is 0 Å². The number of halogens is 3. The van der Waals surface area contributed by atoms with Crippen LogP contribution in [0.3, 0.4) is 0 Å². The van der Waals surface area contributed by atoms with Gasteiger partial charge in [-0.2, -0.15) is 13.2 Å². The molecule has 0 aromatic carbocycles. The minimum Gasteiger partial charge on any atom is -0.479 e. The quantitative estimate of drug-likeness (QED) is 0.690. The van der Waals surface area contributed by atoms with E-state index in [-0.39, 0.29) is 6.92 Å². The number of amides is 1. The van der Waals surface area contributed by atoms with Crippen molar-refractivity contribution in [3.63, 3.8) is 0 Å². The van der Waals surface area contributed by atoms with Gasteiger partial charge >= 0.3 is 12.1 Å². The van der Waals surface area contributed by atoms with Gasteiger partial charge in [0.05, 0.1) is 0 Å². The van der Waals surface area contributed by atoms with E-state index in [4.69, 9.17) is 10.8 Å². The van der Waals surface area contributed by atoms with Crippen LogP contribution in [0.15, 0.2) is 4.63 Å². The summed E-state index contributed by atoms with van der Waals surface area (Å²) in [5.74, 6) is -4.29. The molecular weight excluding hydrogens is 261 g/mol. The van der Waals surface area contributed by atoms with Crippen LogP contribution < -0.4 is 11.1 Å². The second-order valence-electron chi connectivity index (χ2n) is 3.38. The number of carboxylic acids is 1. The van der Waals surface area contributed by atoms with E-state index in [1.165, 1.54) is 5.32 Å². The summed E-state index contributed by atoms with van der Waals surface area (Å²) in [7, 11) is 0. The average molecular weight is 268 g/mol. The number of hydrogen-bond acceptors (Lipinski definition) is 6. The van der Waals surface area contributed by atoms with Gasteiger partial charge in [-0.15, -0.1) is 0 Å². The highest BCUT2D eigenvalue weighted by Gasteiger charge is 2.58. The summed E-state index contributed by atoms with van der Waals surface area (Å²) >= 11 is 0. The van der Waals surface area contributed by atoms with E-state index in [0.29, 0.717) is 0 Å². The van der Waals surface area contributed by atoms with Gasteiger partial charge in [-0.3, -0.25) is 4.79 Å². The molecule has 1 aromatic heterocycles. The molecule has 0 spiro atoms. The lowest BCUT2D eigenvalue weighted by molar-refractivity contribution is -0.203. The molecule has 1 amide bonds. The Balaban J connectivity index is 3.04. The Hall–Kier alpha value is -2.33. The fourth-order valence-corrected chi connectivity index (χ4v) is 0.885. The summed E-state index contributed by atoms with van der Waals surface area (Å²) in [6, 6.07) is 0. The molecule has 0 aliphatic heterocycles. The van der Waals surface area contributed by atoms with Gasteiger partial charge in [0.2, 0.25) is 17.1 Å². The van der Waals surface area contributed by atoms with Crippen molar-refractivity contribution >= 4 is 17.7 Å². The number of aromatic nitrogens is 2. The van der Waals surface area contributed by atoms with Gasteiger partial charge in [-0.05, 0) is 17.2 Å². The zero-order valence-electron chi connectivity index (χ0n) is 8.78. The van der Waals surface area contributed by atoms with E-state index in [0.717, 1.165) is 0 Å². The molecule has 1 aromatic rings. The van der Waals surface area contributed by atoms with Crippen molar-refractivity contribution in [1.29, 1.82) is 0 Å². The van der Waals surface area contributed by atoms with E-state index >= 15 is 0 Å². The van der Waals surface area contributed by atoms with Crippen LogP contribution in [0.1, 0.15) is 17.4 Å². The van der Waals surface area contributed by atoms with Crippen LogP contribution in [-0.2, 0) is 4.79 Å². The van der Waals surface area contributed by atoms with Crippen LogP contribution in [0.25, 0.3) is 0 Å². The predicted molar refractivity (Wildman–Crippen MR) is 48.3 cm³/mol. The van der Waals surface area contributed by atoms with E-state index < -0.39 is 35.1 Å². The first-order valence-corrected chi connectivity index (χ1v) is 4.30. The molecule has 0 bridgehead atoms. The maximum absolute atomic E-state index is 12.6. The number of nitrogens with two attached hydrogens (primary N) is 1. The molecule has 1 rings (SSSR count). The molecule has 100 valence electrons. The molecule has 18 heavy (non-hydrogen) atoms. The average Bonchev–Trinajstić information content (AvgIpc) is 2.62. The highest BCUT2D eigenvalue weighted by molar-refractivity contribution is 5.99. The first kappa shape index (κ1) is 13.7. The van der Waals surface area contributed by atoms with Crippen molar-refractivity contribution in [1.82, 2.24) is 15.6 Å². The topological polar surface area (TPSA) is 131 Å². The normalized spacial score (nSPS) is 14.9. The first-order chi connectivity index (χ1) is 8.09. The zero-order valence-corrected chi connectivity index (χ0v) is 8.78. The number of nitrogen functional groups attached to an aromatic ring is 1. The summed E-state index contributed by atoms with van der Waals surface area (Å²) in [5, 5.41) is 15.8. The Morgan fingerprint density at radius 3 is 2.28 bits per heavy atom. The maximum atomic E-state index is 12.6. The van der Waals surface area contributed by atoms with Gasteiger partial charge in [-0.25, -0.2) is 9.42 Å². The lowest BCUT2D eigenvalue weighted by atomic mass is 10.0. The Bertz CT molecular complexity index is 485. The third-order valence-corrected chi connectivity index (χ3v) is 2.09. The number of carboxylic acid groups (broad SMARTS) is 1. The number of anilines is 1. The van der Waals surface area contributed by atoms with Gasteiger partial charge in [-0.1, -0.05) is 0 Å². The van der Waals surface area contributed by atoms with E-state index in [9.17, 15) is 22.8 Å². The van der Waals surface area contributed by atoms with Crippen LogP contribution in [0, 0.1) is 0 Å². The van der Waals surface area contributed by atoms with Crippen molar-refractivity contribution < 1.29 is 32.5 Å². The van der Waals surface area contributed by atoms with Crippen molar-refractivity contribution in [2.45, 2.75) is 18.6 Å². The standard InChI is InChI=1S/C7H7F3N4O4/c1-6(5(16)17,7(8,9)10)12-4(15)2-3(11)14-18-13-2/h1H3,(H2,11,14)(H,12,15)(H,16,17). The minimum atomic E-state index is -5.21. The molecule has 0 aliphatic carbocycles. The minimum absolute atomic E-state index is 0.289. The lowest BCUT2D eigenvalue weighted by Crippen LogP contribution is -2.62. The fraction of sp³-hybridized carbons (Fsp3) is 0.429. The largest absolute Gasteiger partial charge is 0.479 e. The van der Waals surface area contributed by atoms with Gasteiger partial charge in [0.25, 0.3) is 5.91 Å². The zero-order chi connectivity index (χ0) is 14.1. The SMILES string of the molecule is CC(NC(=O)c1nonc1N)(C(=O)O)C(F)(F)F. The van der Waals surface area contributed by atoms with Crippen molar-refractivity contribution in [2.24, 2.45) is 0 Å². The van der Waals surface area contributed by atoms with Crippen molar-refractivity contribution in [3.05, 3.63) is 5.69 Å². The fourth-order valence-electron chi connectivity index (χ4n) is 0.885. The van der Waals surface area contributed by atoms with Crippen LogP contribution in [0.5, 0.6) is 0 Å². The molecule has 8 nitrogen and oxygen atoms in total. The van der Waals surface area contributed by atoms with E-state index in [2.05, 4.69) is 14.9 Å². The summed E-state index contributed by atoms with van der Waals surface area (Å²) in [4.78, 5) is 22.0. The smallest absolute Gasteiger partial charge is 0.422 e. The van der Waals surface area contributed by atoms with Gasteiger partial charge < -0.3 is 16.2 Å². The highest BCUT2D eigenvalue weighted by Crippen LogP contribution is 2.30. The monoisotopic (exact) mass is 268 g/mol. The molecule has 0 radical (unpaired) electrons. The molecule has 11 heteroatoms. The van der Waals surface area contributed by atoms with Gasteiger partial charge in [0, 0.05) is 0 Å². The Morgan fingerprint density at radius 2 is 1.94 bits per heavy atom. The van der Waals surface area contributed by atoms with Gasteiger partial charge in [0.15, 0.2) is 0 Å². The lowest BCUT2D eigenvalue weighted by Gasteiger charge is -2.27. The molecular formula is C7H7F3N4O4. The number of aliphatic carboxylic acids is 1. The first-order valence-electron chi connectivity index (χ1n) is 4.30. The molecule has 4 N–H and O–H groups in total. The third kappa shape index (κ3) is 2.19. The Morgan fingerprint density at radius 1 is 1.39 bits per heavy atom. The second kappa shape index (κ2) is 4.16. The maximum Gasteiger partial charge on any atom is 0.422 e. The summed E-state index contributed by atoms with van der Waals surface area (Å²) in [6.07, 6.45) is -5.21. The number of alkyl halides is 3. The van der Waals surface area contributed by atoms with E-state index in [1.54, 1.807) is 0 Å². The number of carbonyl (C=O) groups excluding carboxylic acids is 1. The number of rotatable bonds is 3. The Labute approximate surface area is 96.9 Å². The predicted octanol–water partition coefficient (Wildman–Crippen LogP) is -0.213. The van der Waals surface area contributed by atoms with Crippen LogP contribution in [0.2, 0.25) is 0 Å². The van der Waals surface area contributed by atoms with Gasteiger partial charge in [0.1, 0.15) is 0 Å². The molecule has 0 saturated heterocycles. The molecule has 0 saturated carbocycles. The summed E-state index contributed by atoms with van der Waals surface area (Å²) in [6.45, 7) is 0.289. The molecule has 1 unspecified atom stereocenters. The molecule has 0 fully saturated rings. The van der Waals surface area contributed by atoms with Crippen molar-refractivity contribution in [3.8, 4) is 0 Å². The highest BCUT2D eigenvalue weighted by atomic mass is 19.4. The molecule has 1 heterocycles.